The molecule has 2 heterocycles. The van der Waals surface area contributed by atoms with E-state index in [2.05, 4.69) is 4.98 Å². The Morgan fingerprint density at radius 3 is 2.67 bits per heavy atom. The number of pyridine rings is 1. The molecule has 1 unspecified atom stereocenters. The number of rotatable bonds is 3. The van der Waals surface area contributed by atoms with E-state index < -0.39 is 36.9 Å². The number of nitrogens with zero attached hydrogens (tertiary/aromatic N) is 1. The first kappa shape index (κ1) is 12.9. The van der Waals surface area contributed by atoms with Crippen LogP contribution >= 0.6 is 0 Å². The Bertz CT molecular complexity index is 453. The van der Waals surface area contributed by atoms with Crippen molar-refractivity contribution in [3.8, 4) is 0 Å². The Labute approximate surface area is 103 Å². The zero-order valence-corrected chi connectivity index (χ0v) is 9.43. The lowest BCUT2D eigenvalue weighted by Gasteiger charge is -2.14. The fourth-order valence-electron chi connectivity index (χ4n) is 1.92. The zero-order valence-electron chi connectivity index (χ0n) is 9.43. The molecule has 98 valence electrons. The SMILES string of the molecule is NC(=O)c1cncc(C2O[C@H](CO)[C@@H](O)[C@H]2O)c1. The van der Waals surface area contributed by atoms with E-state index in [0.717, 1.165) is 0 Å². The van der Waals surface area contributed by atoms with Gasteiger partial charge >= 0.3 is 0 Å². The number of aliphatic hydroxyl groups excluding tert-OH is 3. The number of carbonyl (C=O) groups is 1. The molecule has 1 aromatic heterocycles. The minimum Gasteiger partial charge on any atom is -0.394 e. The van der Waals surface area contributed by atoms with Gasteiger partial charge < -0.3 is 25.8 Å². The molecule has 2 rings (SSSR count). The average molecular weight is 254 g/mol. The van der Waals surface area contributed by atoms with Crippen molar-refractivity contribution in [1.29, 1.82) is 0 Å². The van der Waals surface area contributed by atoms with Gasteiger partial charge in [0.1, 0.15) is 24.4 Å². The van der Waals surface area contributed by atoms with Crippen molar-refractivity contribution in [2.45, 2.75) is 24.4 Å². The van der Waals surface area contributed by atoms with Crippen LogP contribution in [0, 0.1) is 0 Å². The average Bonchev–Trinajstić information content (AvgIpc) is 2.66. The molecule has 1 aliphatic rings. The predicted molar refractivity (Wildman–Crippen MR) is 59.5 cm³/mol. The molecule has 7 nitrogen and oxygen atoms in total. The van der Waals surface area contributed by atoms with Crippen molar-refractivity contribution in [2.75, 3.05) is 6.61 Å². The van der Waals surface area contributed by atoms with Crippen LogP contribution in [0.25, 0.3) is 0 Å². The molecule has 18 heavy (non-hydrogen) atoms. The quantitative estimate of drug-likeness (QED) is 0.511. The minimum absolute atomic E-state index is 0.185. The van der Waals surface area contributed by atoms with Gasteiger partial charge in [-0.05, 0) is 6.07 Å². The van der Waals surface area contributed by atoms with Gasteiger partial charge in [0.05, 0.1) is 12.2 Å². The van der Waals surface area contributed by atoms with E-state index in [1.807, 2.05) is 0 Å². The van der Waals surface area contributed by atoms with Gasteiger partial charge in [-0.3, -0.25) is 9.78 Å². The first-order valence-corrected chi connectivity index (χ1v) is 5.41. The topological polar surface area (TPSA) is 126 Å². The summed E-state index contributed by atoms with van der Waals surface area (Å²) < 4.78 is 5.31. The summed E-state index contributed by atoms with van der Waals surface area (Å²) >= 11 is 0. The standard InChI is InChI=1S/C11H14N2O5/c12-11(17)6-1-5(2-13-3-6)10-9(16)8(15)7(4-14)18-10/h1-3,7-10,14-16H,4H2,(H2,12,17)/t7-,8-,9-,10?/m1/s1. The molecule has 0 spiro atoms. The number of hydrogen-bond donors (Lipinski definition) is 4. The molecule has 1 saturated heterocycles. The van der Waals surface area contributed by atoms with Gasteiger partial charge in [-0.2, -0.15) is 0 Å². The van der Waals surface area contributed by atoms with E-state index in [0.29, 0.717) is 5.56 Å². The van der Waals surface area contributed by atoms with Crippen molar-refractivity contribution in [3.63, 3.8) is 0 Å². The highest BCUT2D eigenvalue weighted by Crippen LogP contribution is 2.33. The number of amides is 1. The first-order chi connectivity index (χ1) is 8.54. The molecule has 0 aliphatic carbocycles. The summed E-state index contributed by atoms with van der Waals surface area (Å²) in [6.07, 6.45) is -1.37. The molecule has 0 bridgehead atoms. The van der Waals surface area contributed by atoms with Crippen LogP contribution in [0.2, 0.25) is 0 Å². The maximum atomic E-state index is 11.0. The lowest BCUT2D eigenvalue weighted by Crippen LogP contribution is -2.32. The fourth-order valence-corrected chi connectivity index (χ4v) is 1.92. The minimum atomic E-state index is -1.19. The molecule has 1 aromatic rings. The first-order valence-electron chi connectivity index (χ1n) is 5.41. The molecule has 1 fully saturated rings. The largest absolute Gasteiger partial charge is 0.394 e. The molecule has 1 aliphatic heterocycles. The van der Waals surface area contributed by atoms with Crippen LogP contribution in [0.5, 0.6) is 0 Å². The van der Waals surface area contributed by atoms with Crippen LogP contribution in [0.15, 0.2) is 18.5 Å². The maximum Gasteiger partial charge on any atom is 0.250 e. The van der Waals surface area contributed by atoms with Crippen molar-refractivity contribution in [3.05, 3.63) is 29.6 Å². The third-order valence-electron chi connectivity index (χ3n) is 2.91. The third-order valence-corrected chi connectivity index (χ3v) is 2.91. The van der Waals surface area contributed by atoms with Gasteiger partial charge in [0, 0.05) is 18.0 Å². The van der Waals surface area contributed by atoms with Crippen LogP contribution in [-0.2, 0) is 4.74 Å². The monoisotopic (exact) mass is 254 g/mol. The third kappa shape index (κ3) is 2.21. The van der Waals surface area contributed by atoms with E-state index >= 15 is 0 Å². The van der Waals surface area contributed by atoms with Crippen LogP contribution in [0.3, 0.4) is 0 Å². The lowest BCUT2D eigenvalue weighted by atomic mass is 10.0. The van der Waals surface area contributed by atoms with Gasteiger partial charge in [0.25, 0.3) is 0 Å². The van der Waals surface area contributed by atoms with Crippen molar-refractivity contribution < 1.29 is 24.9 Å². The second-order valence-corrected chi connectivity index (χ2v) is 4.13. The highest BCUT2D eigenvalue weighted by atomic mass is 16.6. The molecular weight excluding hydrogens is 240 g/mol. The van der Waals surface area contributed by atoms with Gasteiger partial charge in [-0.15, -0.1) is 0 Å². The number of nitrogens with two attached hydrogens (primary N) is 1. The zero-order chi connectivity index (χ0) is 13.3. The van der Waals surface area contributed by atoms with E-state index in [1.165, 1.54) is 18.5 Å². The van der Waals surface area contributed by atoms with Crippen molar-refractivity contribution >= 4 is 5.91 Å². The normalized spacial score (nSPS) is 31.5. The second kappa shape index (κ2) is 4.99. The summed E-state index contributed by atoms with van der Waals surface area (Å²) in [5.74, 6) is -0.643. The van der Waals surface area contributed by atoms with E-state index in [9.17, 15) is 15.0 Å². The van der Waals surface area contributed by atoms with Crippen LogP contribution in [0.1, 0.15) is 22.0 Å². The Morgan fingerprint density at radius 1 is 1.39 bits per heavy atom. The molecule has 0 aromatic carbocycles. The van der Waals surface area contributed by atoms with Gasteiger partial charge in [0.15, 0.2) is 0 Å². The molecule has 5 N–H and O–H groups in total. The lowest BCUT2D eigenvalue weighted by molar-refractivity contribution is -0.0228. The highest BCUT2D eigenvalue weighted by Gasteiger charge is 2.43. The maximum absolute atomic E-state index is 11.0. The summed E-state index contributed by atoms with van der Waals surface area (Å²) in [7, 11) is 0. The summed E-state index contributed by atoms with van der Waals surface area (Å²) in [5.41, 5.74) is 5.74. The highest BCUT2D eigenvalue weighted by molar-refractivity contribution is 5.92. The molecule has 1 amide bonds. The van der Waals surface area contributed by atoms with Gasteiger partial charge in [-0.1, -0.05) is 0 Å². The number of aliphatic hydroxyl groups is 3. The number of carbonyl (C=O) groups excluding carboxylic acids is 1. The van der Waals surface area contributed by atoms with E-state index in [-0.39, 0.29) is 5.56 Å². The predicted octanol–water partition coefficient (Wildman–Crippen LogP) is -1.67. The second-order valence-electron chi connectivity index (χ2n) is 4.13. The number of ether oxygens (including phenoxy) is 1. The van der Waals surface area contributed by atoms with Crippen molar-refractivity contribution in [2.24, 2.45) is 5.73 Å². The molecule has 7 heteroatoms. The molecule has 4 atom stereocenters. The summed E-state index contributed by atoms with van der Waals surface area (Å²) in [6, 6.07) is 1.44. The van der Waals surface area contributed by atoms with E-state index in [1.54, 1.807) is 0 Å². The molecular formula is C11H14N2O5. The van der Waals surface area contributed by atoms with Crippen LogP contribution in [0.4, 0.5) is 0 Å². The Kier molecular flexibility index (Phi) is 3.58. The Balaban J connectivity index is 2.27. The fraction of sp³-hybridized carbons (Fsp3) is 0.455. The smallest absolute Gasteiger partial charge is 0.250 e. The Morgan fingerprint density at radius 2 is 2.11 bits per heavy atom. The van der Waals surface area contributed by atoms with Crippen LogP contribution in [-0.4, -0.2) is 51.1 Å². The number of primary amides is 1. The molecule has 0 saturated carbocycles. The summed E-state index contributed by atoms with van der Waals surface area (Å²) in [6.45, 7) is -0.405. The van der Waals surface area contributed by atoms with Gasteiger partial charge in [-0.25, -0.2) is 0 Å². The summed E-state index contributed by atoms with van der Waals surface area (Å²) in [4.78, 5) is 14.8. The number of aromatic nitrogens is 1. The van der Waals surface area contributed by atoms with Crippen LogP contribution < -0.4 is 5.73 Å². The van der Waals surface area contributed by atoms with E-state index in [4.69, 9.17) is 15.6 Å². The Hall–Kier alpha value is -1.54. The number of hydrogen-bond acceptors (Lipinski definition) is 6. The van der Waals surface area contributed by atoms with Gasteiger partial charge in [0.2, 0.25) is 5.91 Å². The van der Waals surface area contributed by atoms with Crippen molar-refractivity contribution in [1.82, 2.24) is 4.98 Å². The molecule has 0 radical (unpaired) electrons. The summed E-state index contributed by atoms with van der Waals surface area (Å²) in [5, 5.41) is 28.4.